The molecule has 0 aliphatic carbocycles. The van der Waals surface area contributed by atoms with E-state index in [0.717, 1.165) is 24.1 Å². The largest absolute Gasteiger partial charge is 0.380 e. The monoisotopic (exact) mass is 287 g/mol. The van der Waals surface area contributed by atoms with Gasteiger partial charge in [0.2, 0.25) is 0 Å². The smallest absolute Gasteiger partial charge is 0.251 e. The fourth-order valence-corrected chi connectivity index (χ4v) is 2.18. The van der Waals surface area contributed by atoms with Gasteiger partial charge in [-0.25, -0.2) is 0 Å². The van der Waals surface area contributed by atoms with Gasteiger partial charge in [0.1, 0.15) is 0 Å². The number of aromatic nitrogens is 2. The van der Waals surface area contributed by atoms with Crippen molar-refractivity contribution >= 4 is 5.91 Å². The number of hydrogen-bond acceptors (Lipinski definition) is 3. The Morgan fingerprint density at radius 1 is 1.43 bits per heavy atom. The first-order chi connectivity index (χ1) is 10.2. The van der Waals surface area contributed by atoms with E-state index in [4.69, 9.17) is 4.74 Å². The van der Waals surface area contributed by atoms with E-state index >= 15 is 0 Å². The van der Waals surface area contributed by atoms with E-state index in [1.54, 1.807) is 7.11 Å². The maximum absolute atomic E-state index is 12.1. The third-order valence-corrected chi connectivity index (χ3v) is 3.34. The lowest BCUT2D eigenvalue weighted by molar-refractivity contribution is 0.0953. The first-order valence-corrected chi connectivity index (χ1v) is 7.05. The topological polar surface area (TPSA) is 67.0 Å². The summed E-state index contributed by atoms with van der Waals surface area (Å²) < 4.78 is 5.07. The molecule has 0 spiro atoms. The zero-order chi connectivity index (χ0) is 15.1. The number of nitrogens with zero attached hydrogens (tertiary/aromatic N) is 1. The molecule has 0 saturated carbocycles. The summed E-state index contributed by atoms with van der Waals surface area (Å²) in [4.78, 5) is 12.1. The molecule has 2 aromatic rings. The third kappa shape index (κ3) is 4.43. The van der Waals surface area contributed by atoms with Crippen LogP contribution in [0.25, 0.3) is 0 Å². The van der Waals surface area contributed by atoms with Gasteiger partial charge in [-0.1, -0.05) is 12.1 Å². The van der Waals surface area contributed by atoms with Crippen LogP contribution in [0.1, 0.15) is 33.6 Å². The van der Waals surface area contributed by atoms with Gasteiger partial charge in [-0.15, -0.1) is 0 Å². The minimum absolute atomic E-state index is 0.0446. The van der Waals surface area contributed by atoms with Crippen LogP contribution in [0.4, 0.5) is 0 Å². The van der Waals surface area contributed by atoms with E-state index in [1.807, 2.05) is 37.4 Å². The lowest BCUT2D eigenvalue weighted by Gasteiger charge is -2.07. The minimum Gasteiger partial charge on any atom is -0.380 e. The van der Waals surface area contributed by atoms with Gasteiger partial charge in [0.15, 0.2) is 0 Å². The predicted molar refractivity (Wildman–Crippen MR) is 81.1 cm³/mol. The summed E-state index contributed by atoms with van der Waals surface area (Å²) in [5.74, 6) is -0.0446. The normalized spacial score (nSPS) is 10.6. The summed E-state index contributed by atoms with van der Waals surface area (Å²) in [5.41, 5.74) is 3.96. The van der Waals surface area contributed by atoms with Crippen LogP contribution in [0.5, 0.6) is 0 Å². The first kappa shape index (κ1) is 15.3. The molecule has 0 saturated heterocycles. The highest BCUT2D eigenvalue weighted by molar-refractivity contribution is 5.94. The lowest BCUT2D eigenvalue weighted by atomic mass is 10.1. The highest BCUT2D eigenvalue weighted by atomic mass is 16.5. The molecular weight excluding hydrogens is 266 g/mol. The second-order valence-corrected chi connectivity index (χ2v) is 5.01. The molecule has 0 fully saturated rings. The summed E-state index contributed by atoms with van der Waals surface area (Å²) >= 11 is 0. The molecular formula is C16H21N3O2. The Labute approximate surface area is 124 Å². The maximum atomic E-state index is 12.1. The second kappa shape index (κ2) is 7.59. The molecule has 0 aliphatic rings. The fourth-order valence-electron chi connectivity index (χ4n) is 2.18. The summed E-state index contributed by atoms with van der Waals surface area (Å²) in [7, 11) is 1.64. The maximum Gasteiger partial charge on any atom is 0.251 e. The molecule has 5 heteroatoms. The molecule has 112 valence electrons. The van der Waals surface area contributed by atoms with Crippen molar-refractivity contribution in [2.24, 2.45) is 0 Å². The Morgan fingerprint density at radius 3 is 3.00 bits per heavy atom. The second-order valence-electron chi connectivity index (χ2n) is 5.01. The number of aromatic amines is 1. The number of hydrogen-bond donors (Lipinski definition) is 2. The van der Waals surface area contributed by atoms with Crippen LogP contribution in [0.15, 0.2) is 30.5 Å². The van der Waals surface area contributed by atoms with Crippen molar-refractivity contribution in [1.82, 2.24) is 15.5 Å². The van der Waals surface area contributed by atoms with Crippen molar-refractivity contribution in [2.75, 3.05) is 13.7 Å². The average Bonchev–Trinajstić information content (AvgIpc) is 2.89. The minimum atomic E-state index is -0.0446. The van der Waals surface area contributed by atoms with E-state index < -0.39 is 0 Å². The third-order valence-electron chi connectivity index (χ3n) is 3.34. The number of benzene rings is 1. The number of carbonyl (C=O) groups excluding carboxylic acids is 1. The zero-order valence-corrected chi connectivity index (χ0v) is 12.5. The van der Waals surface area contributed by atoms with Gasteiger partial charge in [-0.2, -0.15) is 5.10 Å². The molecule has 0 aliphatic heterocycles. The number of carbonyl (C=O) groups is 1. The van der Waals surface area contributed by atoms with Gasteiger partial charge >= 0.3 is 0 Å². The number of amides is 1. The standard InChI is InChI=1S/C16H21N3O2/c1-12-15(10-18-19-12)7-4-8-17-16(20)14-6-3-5-13(9-14)11-21-2/h3,5-6,9-10H,4,7-8,11H2,1-2H3,(H,17,20)(H,18,19). The van der Waals surface area contributed by atoms with Crippen LogP contribution in [0.2, 0.25) is 0 Å². The number of rotatable bonds is 7. The molecule has 0 radical (unpaired) electrons. The summed E-state index contributed by atoms with van der Waals surface area (Å²) in [6.07, 6.45) is 3.64. The molecule has 0 bridgehead atoms. The number of aryl methyl sites for hydroxylation is 2. The number of H-pyrrole nitrogens is 1. The summed E-state index contributed by atoms with van der Waals surface area (Å²) in [5, 5.41) is 9.84. The quantitative estimate of drug-likeness (QED) is 0.767. The van der Waals surface area contributed by atoms with Crippen molar-refractivity contribution < 1.29 is 9.53 Å². The molecule has 21 heavy (non-hydrogen) atoms. The van der Waals surface area contributed by atoms with E-state index in [2.05, 4.69) is 15.5 Å². The Kier molecular flexibility index (Phi) is 5.51. The molecule has 1 amide bonds. The van der Waals surface area contributed by atoms with Crippen molar-refractivity contribution in [3.8, 4) is 0 Å². The van der Waals surface area contributed by atoms with E-state index in [1.165, 1.54) is 5.56 Å². The highest BCUT2D eigenvalue weighted by Gasteiger charge is 2.06. The van der Waals surface area contributed by atoms with Crippen molar-refractivity contribution in [1.29, 1.82) is 0 Å². The van der Waals surface area contributed by atoms with Crippen LogP contribution in [0.3, 0.4) is 0 Å². The molecule has 2 rings (SSSR count). The van der Waals surface area contributed by atoms with Gasteiger partial charge in [-0.3, -0.25) is 9.89 Å². The molecule has 0 unspecified atom stereocenters. The van der Waals surface area contributed by atoms with E-state index in [-0.39, 0.29) is 5.91 Å². The molecule has 1 heterocycles. The van der Waals surface area contributed by atoms with Gasteiger partial charge in [-0.05, 0) is 43.0 Å². The lowest BCUT2D eigenvalue weighted by Crippen LogP contribution is -2.24. The first-order valence-electron chi connectivity index (χ1n) is 7.05. The Hall–Kier alpha value is -2.14. The van der Waals surface area contributed by atoms with Crippen molar-refractivity contribution in [2.45, 2.75) is 26.4 Å². The fraction of sp³-hybridized carbons (Fsp3) is 0.375. The number of nitrogens with one attached hydrogen (secondary N) is 2. The van der Waals surface area contributed by atoms with Crippen LogP contribution >= 0.6 is 0 Å². The number of ether oxygens (including phenoxy) is 1. The number of methoxy groups -OCH3 is 1. The molecule has 1 aromatic carbocycles. The molecule has 0 atom stereocenters. The van der Waals surface area contributed by atoms with Crippen LogP contribution < -0.4 is 5.32 Å². The summed E-state index contributed by atoms with van der Waals surface area (Å²) in [6, 6.07) is 7.49. The molecule has 1 aromatic heterocycles. The Balaban J connectivity index is 1.79. The van der Waals surface area contributed by atoms with Gasteiger partial charge in [0.05, 0.1) is 12.8 Å². The van der Waals surface area contributed by atoms with E-state index in [9.17, 15) is 4.79 Å². The molecule has 5 nitrogen and oxygen atoms in total. The van der Waals surface area contributed by atoms with Gasteiger partial charge in [0.25, 0.3) is 5.91 Å². The Bertz CT molecular complexity index is 593. The van der Waals surface area contributed by atoms with Crippen molar-refractivity contribution in [3.05, 3.63) is 52.8 Å². The predicted octanol–water partition coefficient (Wildman–Crippen LogP) is 2.23. The molecule has 2 N–H and O–H groups in total. The van der Waals surface area contributed by atoms with Gasteiger partial charge < -0.3 is 10.1 Å². The Morgan fingerprint density at radius 2 is 2.29 bits per heavy atom. The summed E-state index contributed by atoms with van der Waals surface area (Å²) in [6.45, 7) is 3.17. The van der Waals surface area contributed by atoms with Gasteiger partial charge in [0, 0.05) is 24.9 Å². The average molecular weight is 287 g/mol. The highest BCUT2D eigenvalue weighted by Crippen LogP contribution is 2.07. The van der Waals surface area contributed by atoms with Crippen LogP contribution in [-0.4, -0.2) is 29.8 Å². The van der Waals surface area contributed by atoms with Crippen molar-refractivity contribution in [3.63, 3.8) is 0 Å². The van der Waals surface area contributed by atoms with Crippen LogP contribution in [-0.2, 0) is 17.8 Å². The zero-order valence-electron chi connectivity index (χ0n) is 12.5. The SMILES string of the molecule is COCc1cccc(C(=O)NCCCc2cn[nH]c2C)c1. The van der Waals surface area contributed by atoms with Crippen LogP contribution in [0, 0.1) is 6.92 Å². The van der Waals surface area contributed by atoms with E-state index in [0.29, 0.717) is 18.7 Å².